The van der Waals surface area contributed by atoms with Crippen molar-refractivity contribution in [1.82, 2.24) is 19.9 Å². The molecule has 10 heteroatoms. The van der Waals surface area contributed by atoms with E-state index in [0.717, 1.165) is 34.5 Å². The van der Waals surface area contributed by atoms with Gasteiger partial charge in [-0.1, -0.05) is 0 Å². The molecular formula is C21H23N7OSSi. The van der Waals surface area contributed by atoms with Crippen LogP contribution in [0.5, 0.6) is 5.88 Å². The van der Waals surface area contributed by atoms with Gasteiger partial charge in [-0.25, -0.2) is 9.97 Å². The van der Waals surface area contributed by atoms with Gasteiger partial charge in [-0.05, 0) is 32.4 Å². The molecular weight excluding hydrogens is 426 g/mol. The fraction of sp³-hybridized carbons (Fsp3) is 0.333. The smallest absolute Gasteiger partial charge is 0.218 e. The number of hydrogen-bond acceptors (Lipinski definition) is 9. The van der Waals surface area contributed by atoms with Crippen LogP contribution in [-0.2, 0) is 0 Å². The van der Waals surface area contributed by atoms with E-state index in [9.17, 15) is 0 Å². The van der Waals surface area contributed by atoms with E-state index < -0.39 is 9.52 Å². The van der Waals surface area contributed by atoms with Crippen LogP contribution in [-0.4, -0.2) is 53.3 Å². The number of pyridine rings is 1. The average molecular weight is 450 g/mol. The zero-order valence-electron chi connectivity index (χ0n) is 17.4. The van der Waals surface area contributed by atoms with Gasteiger partial charge in [0.05, 0.1) is 24.4 Å². The number of rotatable bonds is 8. The number of nitrogens with one attached hydrogen (secondary N) is 1. The minimum atomic E-state index is -0.459. The third-order valence-corrected chi connectivity index (χ3v) is 7.41. The molecule has 158 valence electrons. The lowest BCUT2D eigenvalue weighted by Crippen LogP contribution is -2.22. The summed E-state index contributed by atoms with van der Waals surface area (Å²) < 4.78 is 6.00. The number of anilines is 1. The number of ether oxygens (including phenoxy) is 1. The molecule has 3 aromatic heterocycles. The largest absolute Gasteiger partial charge is 0.477 e. The molecule has 2 aliphatic rings. The van der Waals surface area contributed by atoms with E-state index in [4.69, 9.17) is 4.74 Å². The molecule has 0 bridgehead atoms. The Hall–Kier alpha value is -2.98. The number of aromatic nitrogens is 4. The maximum Gasteiger partial charge on any atom is 0.218 e. The van der Waals surface area contributed by atoms with Crippen molar-refractivity contribution in [2.24, 2.45) is 16.1 Å². The molecule has 4 heterocycles. The predicted octanol–water partition coefficient (Wildman–Crippen LogP) is 2.81. The van der Waals surface area contributed by atoms with Crippen LogP contribution in [0.15, 0.2) is 45.5 Å². The fourth-order valence-electron chi connectivity index (χ4n) is 3.64. The van der Waals surface area contributed by atoms with Gasteiger partial charge in [0.25, 0.3) is 0 Å². The molecule has 0 spiro atoms. The van der Waals surface area contributed by atoms with Crippen LogP contribution in [0.4, 0.5) is 5.82 Å². The highest BCUT2D eigenvalue weighted by Crippen LogP contribution is 2.46. The zero-order chi connectivity index (χ0) is 21.2. The summed E-state index contributed by atoms with van der Waals surface area (Å²) in [6.07, 6.45) is 3.00. The van der Waals surface area contributed by atoms with E-state index in [-0.39, 0.29) is 0 Å². The van der Waals surface area contributed by atoms with Crippen LogP contribution in [0, 0.1) is 12.8 Å². The van der Waals surface area contributed by atoms with Gasteiger partial charge in [0.15, 0.2) is 0 Å². The summed E-state index contributed by atoms with van der Waals surface area (Å²) in [7, 11) is -0.459. The Labute approximate surface area is 186 Å². The zero-order valence-corrected chi connectivity index (χ0v) is 19.7. The molecule has 1 aliphatic heterocycles. The summed E-state index contributed by atoms with van der Waals surface area (Å²) in [5, 5.41) is 16.0. The molecule has 0 amide bonds. The summed E-state index contributed by atoms with van der Waals surface area (Å²) in [6, 6.07) is 6.07. The highest BCUT2D eigenvalue weighted by molar-refractivity contribution is 7.07. The monoisotopic (exact) mass is 449 g/mol. The van der Waals surface area contributed by atoms with E-state index in [2.05, 4.69) is 47.6 Å². The van der Waals surface area contributed by atoms with Gasteiger partial charge in [0.2, 0.25) is 5.88 Å². The molecule has 1 aliphatic carbocycles. The SMILES string of the molecule is CC1=NN=C(CNc2cc(OC[C@H]3C[C@@H]3c3ccc(-c4cscn4)cn3)nc(C)n2)[SiH2]1. The molecule has 3 aromatic rings. The van der Waals surface area contributed by atoms with Crippen molar-refractivity contribution in [3.8, 4) is 17.1 Å². The first-order chi connectivity index (χ1) is 15.1. The summed E-state index contributed by atoms with van der Waals surface area (Å²) in [6.45, 7) is 5.22. The van der Waals surface area contributed by atoms with Crippen molar-refractivity contribution < 1.29 is 4.74 Å². The Balaban J connectivity index is 1.14. The Bertz CT molecular complexity index is 1130. The first-order valence-electron chi connectivity index (χ1n) is 10.3. The lowest BCUT2D eigenvalue weighted by Gasteiger charge is -2.10. The first-order valence-corrected chi connectivity index (χ1v) is 12.7. The number of aryl methyl sites for hydroxylation is 1. The van der Waals surface area contributed by atoms with E-state index in [1.165, 1.54) is 5.33 Å². The van der Waals surface area contributed by atoms with Gasteiger partial charge >= 0.3 is 0 Å². The number of hydrogen-bond donors (Lipinski definition) is 1. The van der Waals surface area contributed by atoms with Crippen LogP contribution in [0.3, 0.4) is 0 Å². The van der Waals surface area contributed by atoms with Crippen molar-refractivity contribution >= 4 is 37.3 Å². The third-order valence-electron chi connectivity index (χ3n) is 5.37. The standard InChI is InChI=1S/C21H23N7OSSi/c1-12-25-19(23-8-21-28-27-13(2)31-21)6-20(26-12)29-9-15-5-16(15)17-4-3-14(7-22-17)18-10-30-11-24-18/h3-4,6-7,10-11,15-16H,5,8-9,31H2,1-2H3,(H,23,25,26)/t15-,16+/m1/s1. The molecule has 0 radical (unpaired) electrons. The minimum absolute atomic E-state index is 0.443. The van der Waals surface area contributed by atoms with E-state index in [1.54, 1.807) is 11.3 Å². The van der Waals surface area contributed by atoms with Gasteiger partial charge < -0.3 is 10.1 Å². The Morgan fingerprint density at radius 2 is 2.13 bits per heavy atom. The summed E-state index contributed by atoms with van der Waals surface area (Å²) in [5.74, 6) is 2.95. The molecule has 5 rings (SSSR count). The van der Waals surface area contributed by atoms with Gasteiger partial charge in [-0.3, -0.25) is 4.98 Å². The lowest BCUT2D eigenvalue weighted by molar-refractivity contribution is 0.284. The Morgan fingerprint density at radius 3 is 2.87 bits per heavy atom. The first kappa shape index (κ1) is 19.9. The van der Waals surface area contributed by atoms with Gasteiger partial charge in [0, 0.05) is 51.4 Å². The van der Waals surface area contributed by atoms with Crippen molar-refractivity contribution in [2.75, 3.05) is 18.5 Å². The topological polar surface area (TPSA) is 97.5 Å². The van der Waals surface area contributed by atoms with E-state index >= 15 is 0 Å². The molecule has 31 heavy (non-hydrogen) atoms. The third kappa shape index (κ3) is 4.85. The predicted molar refractivity (Wildman–Crippen MR) is 126 cm³/mol. The quantitative estimate of drug-likeness (QED) is 0.531. The molecule has 2 atom stereocenters. The van der Waals surface area contributed by atoms with E-state index in [1.807, 2.05) is 37.0 Å². The molecule has 1 fully saturated rings. The summed E-state index contributed by atoms with van der Waals surface area (Å²) >= 11 is 1.59. The van der Waals surface area contributed by atoms with E-state index in [0.29, 0.717) is 36.7 Å². The normalized spacial score (nSPS) is 20.5. The van der Waals surface area contributed by atoms with Crippen LogP contribution >= 0.6 is 11.3 Å². The van der Waals surface area contributed by atoms with Crippen LogP contribution in [0.1, 0.15) is 30.8 Å². The summed E-state index contributed by atoms with van der Waals surface area (Å²) in [5.41, 5.74) is 5.00. The molecule has 0 unspecified atom stereocenters. The van der Waals surface area contributed by atoms with Crippen LogP contribution < -0.4 is 10.1 Å². The lowest BCUT2D eigenvalue weighted by atomic mass is 10.1. The highest BCUT2D eigenvalue weighted by Gasteiger charge is 2.40. The highest BCUT2D eigenvalue weighted by atomic mass is 32.1. The van der Waals surface area contributed by atoms with Gasteiger partial charge in [0.1, 0.15) is 21.2 Å². The molecule has 0 saturated heterocycles. The Kier molecular flexibility index (Phi) is 5.56. The molecule has 1 N–H and O–H groups in total. The minimum Gasteiger partial charge on any atom is -0.477 e. The average Bonchev–Trinajstić information content (AvgIpc) is 3.12. The number of thiazole rings is 1. The van der Waals surface area contributed by atoms with Crippen molar-refractivity contribution in [3.63, 3.8) is 0 Å². The maximum atomic E-state index is 6.00. The number of nitrogens with zero attached hydrogens (tertiary/aromatic N) is 6. The molecule has 0 aromatic carbocycles. The molecule has 8 nitrogen and oxygen atoms in total. The van der Waals surface area contributed by atoms with Crippen molar-refractivity contribution in [2.45, 2.75) is 26.2 Å². The van der Waals surface area contributed by atoms with Crippen molar-refractivity contribution in [3.05, 3.63) is 46.8 Å². The maximum absolute atomic E-state index is 6.00. The van der Waals surface area contributed by atoms with Crippen LogP contribution in [0.25, 0.3) is 11.3 Å². The van der Waals surface area contributed by atoms with Gasteiger partial charge in [-0.2, -0.15) is 15.2 Å². The second-order valence-corrected chi connectivity index (χ2v) is 10.8. The van der Waals surface area contributed by atoms with Crippen molar-refractivity contribution in [1.29, 1.82) is 0 Å². The Morgan fingerprint density at radius 1 is 1.19 bits per heavy atom. The molecule has 1 saturated carbocycles. The summed E-state index contributed by atoms with van der Waals surface area (Å²) in [4.78, 5) is 17.9. The second-order valence-electron chi connectivity index (χ2n) is 7.93. The van der Waals surface area contributed by atoms with Crippen LogP contribution in [0.2, 0.25) is 0 Å². The van der Waals surface area contributed by atoms with Gasteiger partial charge in [-0.15, -0.1) is 11.3 Å². The second kappa shape index (κ2) is 8.64. The fourth-order valence-corrected chi connectivity index (χ4v) is 5.32.